The number of rotatable bonds is 3. The number of hydrogen-bond donors (Lipinski definition) is 1. The molecule has 0 aromatic heterocycles. The van der Waals surface area contributed by atoms with E-state index in [2.05, 4.69) is 17.2 Å². The van der Waals surface area contributed by atoms with Gasteiger partial charge in [-0.15, -0.1) is 0 Å². The van der Waals surface area contributed by atoms with Gasteiger partial charge in [-0.2, -0.15) is 0 Å². The lowest BCUT2D eigenvalue weighted by Crippen LogP contribution is -2.19. The Labute approximate surface area is 110 Å². The van der Waals surface area contributed by atoms with Crippen molar-refractivity contribution in [3.05, 3.63) is 39.4 Å². The Morgan fingerprint density at radius 3 is 2.58 bits per heavy atom. The average Bonchev–Trinajstić information content (AvgIpc) is 2.34. The number of amides is 1. The molecule has 0 bridgehead atoms. The summed E-state index contributed by atoms with van der Waals surface area (Å²) in [6.45, 7) is 2.80. The molecule has 6 nitrogen and oxygen atoms in total. The second kappa shape index (κ2) is 6.31. The molecular formula is C13H12N2O4. The van der Waals surface area contributed by atoms with Crippen molar-refractivity contribution in [3.8, 4) is 11.8 Å². The number of nitro benzene ring substituents is 1. The number of benzene rings is 1. The van der Waals surface area contributed by atoms with E-state index in [1.165, 1.54) is 32.0 Å². The summed E-state index contributed by atoms with van der Waals surface area (Å²) in [4.78, 5) is 32.1. The van der Waals surface area contributed by atoms with Gasteiger partial charge in [0.15, 0.2) is 5.78 Å². The largest absolute Gasteiger partial charge is 0.345 e. The molecule has 1 aromatic carbocycles. The highest BCUT2D eigenvalue weighted by Gasteiger charge is 2.14. The molecule has 6 heteroatoms. The topological polar surface area (TPSA) is 89.3 Å². The number of carbonyl (C=O) groups is 2. The Morgan fingerprint density at radius 2 is 2.05 bits per heavy atom. The van der Waals surface area contributed by atoms with Crippen molar-refractivity contribution in [2.24, 2.45) is 0 Å². The van der Waals surface area contributed by atoms with Gasteiger partial charge >= 0.3 is 0 Å². The van der Waals surface area contributed by atoms with Crippen LogP contribution in [0.25, 0.3) is 0 Å². The third-order valence-corrected chi connectivity index (χ3v) is 2.25. The van der Waals surface area contributed by atoms with Crippen molar-refractivity contribution in [2.45, 2.75) is 13.8 Å². The van der Waals surface area contributed by atoms with Crippen LogP contribution in [0.2, 0.25) is 0 Å². The molecule has 1 rings (SSSR count). The van der Waals surface area contributed by atoms with E-state index >= 15 is 0 Å². The van der Waals surface area contributed by atoms with E-state index in [-0.39, 0.29) is 35.0 Å². The minimum absolute atomic E-state index is 0.112. The molecule has 0 saturated heterocycles. The summed E-state index contributed by atoms with van der Waals surface area (Å²) >= 11 is 0. The summed E-state index contributed by atoms with van der Waals surface area (Å²) < 4.78 is 0. The number of hydrogen-bond acceptors (Lipinski definition) is 4. The lowest BCUT2D eigenvalue weighted by atomic mass is 10.1. The highest BCUT2D eigenvalue weighted by Crippen LogP contribution is 2.19. The highest BCUT2D eigenvalue weighted by molar-refractivity contribution is 5.95. The molecule has 0 atom stereocenters. The van der Waals surface area contributed by atoms with Crippen molar-refractivity contribution < 1.29 is 14.5 Å². The van der Waals surface area contributed by atoms with Crippen LogP contribution in [0.1, 0.15) is 29.8 Å². The van der Waals surface area contributed by atoms with E-state index in [0.717, 1.165) is 0 Å². The molecule has 0 fully saturated rings. The Balaban J connectivity index is 3.03. The van der Waals surface area contributed by atoms with E-state index in [4.69, 9.17) is 0 Å². The van der Waals surface area contributed by atoms with Crippen LogP contribution in [0.5, 0.6) is 0 Å². The minimum Gasteiger partial charge on any atom is -0.345 e. The van der Waals surface area contributed by atoms with Gasteiger partial charge in [0.05, 0.1) is 11.5 Å². The first kappa shape index (κ1) is 14.4. The van der Waals surface area contributed by atoms with Gasteiger partial charge in [0.1, 0.15) is 5.56 Å². The SMILES string of the molecule is CC(=O)NCC#Cc1ccc(C(C)=O)cc1[N+](=O)[O-]. The number of Topliss-reactive ketones (excluding diaryl/α,β-unsaturated/α-hetero) is 1. The van der Waals surface area contributed by atoms with Crippen LogP contribution < -0.4 is 5.32 Å². The summed E-state index contributed by atoms with van der Waals surface area (Å²) in [5, 5.41) is 13.4. The van der Waals surface area contributed by atoms with E-state index < -0.39 is 4.92 Å². The minimum atomic E-state index is -0.588. The lowest BCUT2D eigenvalue weighted by Gasteiger charge is -1.99. The molecule has 1 amide bonds. The predicted molar refractivity (Wildman–Crippen MR) is 68.7 cm³/mol. The van der Waals surface area contributed by atoms with Crippen LogP contribution in [0.15, 0.2) is 18.2 Å². The van der Waals surface area contributed by atoms with Crippen LogP contribution in [-0.4, -0.2) is 23.2 Å². The molecule has 98 valence electrons. The molecule has 0 aliphatic rings. The number of ketones is 1. The van der Waals surface area contributed by atoms with Crippen LogP contribution >= 0.6 is 0 Å². The molecule has 0 heterocycles. The maximum Gasteiger partial charge on any atom is 0.285 e. The fourth-order valence-electron chi connectivity index (χ4n) is 1.32. The second-order valence-electron chi connectivity index (χ2n) is 3.76. The fraction of sp³-hybridized carbons (Fsp3) is 0.231. The van der Waals surface area contributed by atoms with Gasteiger partial charge in [-0.3, -0.25) is 19.7 Å². The van der Waals surface area contributed by atoms with Gasteiger partial charge in [0.2, 0.25) is 5.91 Å². The number of nitrogens with one attached hydrogen (secondary N) is 1. The van der Waals surface area contributed by atoms with Crippen molar-refractivity contribution in [2.75, 3.05) is 6.54 Å². The Hall–Kier alpha value is -2.68. The zero-order valence-corrected chi connectivity index (χ0v) is 10.5. The normalized spacial score (nSPS) is 9.16. The molecular weight excluding hydrogens is 248 g/mol. The highest BCUT2D eigenvalue weighted by atomic mass is 16.6. The van der Waals surface area contributed by atoms with E-state index in [1.807, 2.05) is 0 Å². The summed E-state index contributed by atoms with van der Waals surface area (Å²) in [5.74, 6) is 4.73. The molecule has 0 unspecified atom stereocenters. The summed E-state index contributed by atoms with van der Waals surface area (Å²) in [6.07, 6.45) is 0. The molecule has 1 aromatic rings. The molecule has 1 N–H and O–H groups in total. The van der Waals surface area contributed by atoms with Crippen molar-refractivity contribution in [1.82, 2.24) is 5.32 Å². The smallest absolute Gasteiger partial charge is 0.285 e. The molecule has 0 aliphatic carbocycles. The van der Waals surface area contributed by atoms with E-state index in [1.54, 1.807) is 0 Å². The lowest BCUT2D eigenvalue weighted by molar-refractivity contribution is -0.385. The van der Waals surface area contributed by atoms with Crippen LogP contribution in [0.4, 0.5) is 5.69 Å². The Morgan fingerprint density at radius 1 is 1.37 bits per heavy atom. The molecule has 0 spiro atoms. The van der Waals surface area contributed by atoms with Gasteiger partial charge in [-0.25, -0.2) is 0 Å². The van der Waals surface area contributed by atoms with Gasteiger partial charge in [0.25, 0.3) is 5.69 Å². The van der Waals surface area contributed by atoms with Crippen molar-refractivity contribution in [3.63, 3.8) is 0 Å². The maximum atomic E-state index is 11.2. The van der Waals surface area contributed by atoms with E-state index in [0.29, 0.717) is 0 Å². The first-order valence-corrected chi connectivity index (χ1v) is 5.44. The number of nitro groups is 1. The van der Waals surface area contributed by atoms with E-state index in [9.17, 15) is 19.7 Å². The number of nitrogens with zero attached hydrogens (tertiary/aromatic N) is 1. The van der Waals surface area contributed by atoms with Gasteiger partial charge < -0.3 is 5.32 Å². The zero-order chi connectivity index (χ0) is 14.4. The number of carbonyl (C=O) groups excluding carboxylic acids is 2. The third-order valence-electron chi connectivity index (χ3n) is 2.25. The second-order valence-corrected chi connectivity index (χ2v) is 3.76. The van der Waals surface area contributed by atoms with Crippen LogP contribution in [-0.2, 0) is 4.79 Å². The van der Waals surface area contributed by atoms with Gasteiger partial charge in [-0.05, 0) is 19.1 Å². The van der Waals surface area contributed by atoms with Crippen LogP contribution in [0, 0.1) is 22.0 Å². The summed E-state index contributed by atoms with van der Waals surface area (Å²) in [5.41, 5.74) is 0.252. The fourth-order valence-corrected chi connectivity index (χ4v) is 1.32. The summed E-state index contributed by atoms with van der Waals surface area (Å²) in [6, 6.07) is 4.11. The Bertz CT molecular complexity index is 596. The standard InChI is InChI=1S/C13H12N2O4/c1-9(16)12-6-5-11(13(8-12)15(18)19)4-3-7-14-10(2)17/h5-6,8H,7H2,1-2H3,(H,14,17). The first-order valence-electron chi connectivity index (χ1n) is 5.44. The molecule has 0 radical (unpaired) electrons. The molecule has 0 saturated carbocycles. The molecule has 0 aliphatic heterocycles. The third kappa shape index (κ3) is 4.24. The maximum absolute atomic E-state index is 11.2. The Kier molecular flexibility index (Phi) is 4.77. The predicted octanol–water partition coefficient (Wildman–Crippen LogP) is 1.29. The quantitative estimate of drug-likeness (QED) is 0.384. The monoisotopic (exact) mass is 260 g/mol. The summed E-state index contributed by atoms with van der Waals surface area (Å²) in [7, 11) is 0. The molecule has 19 heavy (non-hydrogen) atoms. The van der Waals surface area contributed by atoms with Crippen molar-refractivity contribution >= 4 is 17.4 Å². The van der Waals surface area contributed by atoms with Crippen LogP contribution in [0.3, 0.4) is 0 Å². The zero-order valence-electron chi connectivity index (χ0n) is 10.5. The van der Waals surface area contributed by atoms with Crippen molar-refractivity contribution in [1.29, 1.82) is 0 Å². The first-order chi connectivity index (χ1) is 8.91. The van der Waals surface area contributed by atoms with Gasteiger partial charge in [0, 0.05) is 18.6 Å². The van der Waals surface area contributed by atoms with Gasteiger partial charge in [-0.1, -0.05) is 11.8 Å². The average molecular weight is 260 g/mol.